The molecule has 0 aliphatic rings. The van der Waals surface area contributed by atoms with Gasteiger partial charge in [-0.15, -0.1) is 0 Å². The Morgan fingerprint density at radius 3 is 2.36 bits per heavy atom. The summed E-state index contributed by atoms with van der Waals surface area (Å²) in [6.45, 7) is 0. The zero-order valence-electron chi connectivity index (χ0n) is 6.29. The summed E-state index contributed by atoms with van der Waals surface area (Å²) < 4.78 is 1.11. The van der Waals surface area contributed by atoms with E-state index in [1.165, 1.54) is 5.69 Å². The highest BCUT2D eigenvalue weighted by atomic mass is 79.9. The zero-order valence-corrected chi connectivity index (χ0v) is 8.77. The molecular formula is C8H10BrNS. The molecule has 0 bridgehead atoms. The molecule has 0 heterocycles. The van der Waals surface area contributed by atoms with Gasteiger partial charge in [0.05, 0.1) is 5.88 Å². The van der Waals surface area contributed by atoms with Crippen molar-refractivity contribution in [2.75, 3.05) is 17.8 Å². The number of anilines is 1. The topological polar surface area (TPSA) is 3.24 Å². The molecule has 1 aromatic carbocycles. The third-order valence-electron chi connectivity index (χ3n) is 1.48. The lowest BCUT2D eigenvalue weighted by Gasteiger charge is -2.15. The number of hydrogen-bond acceptors (Lipinski definition) is 2. The van der Waals surface area contributed by atoms with E-state index in [0.29, 0.717) is 0 Å². The summed E-state index contributed by atoms with van der Waals surface area (Å²) in [5, 5.41) is 0. The summed E-state index contributed by atoms with van der Waals surface area (Å²) in [6, 6.07) is 8.16. The molecule has 1 aromatic rings. The van der Waals surface area contributed by atoms with E-state index >= 15 is 0 Å². The Bertz CT molecular complexity index is 222. The highest BCUT2D eigenvalue weighted by Gasteiger charge is 1.95. The molecule has 0 aliphatic carbocycles. The largest absolute Gasteiger partial charge is 0.366 e. The Morgan fingerprint density at radius 2 is 1.91 bits per heavy atom. The van der Waals surface area contributed by atoms with Crippen LogP contribution >= 0.6 is 28.6 Å². The van der Waals surface area contributed by atoms with E-state index < -0.39 is 0 Å². The molecule has 0 atom stereocenters. The number of benzene rings is 1. The average Bonchev–Trinajstić information content (AvgIpc) is 2.05. The Kier molecular flexibility index (Phi) is 3.27. The zero-order chi connectivity index (χ0) is 8.27. The lowest BCUT2D eigenvalue weighted by molar-refractivity contribution is 1.10. The van der Waals surface area contributed by atoms with Crippen LogP contribution in [0.1, 0.15) is 0 Å². The van der Waals surface area contributed by atoms with Crippen LogP contribution in [0.25, 0.3) is 0 Å². The minimum atomic E-state index is 0.738. The standard InChI is InChI=1S/C8H10BrNS/c1-10(6-11)8-4-2-7(9)3-5-8/h2-5,11H,6H2,1H3. The smallest absolute Gasteiger partial charge is 0.0606 e. The highest BCUT2D eigenvalue weighted by molar-refractivity contribution is 9.10. The first-order valence-electron chi connectivity index (χ1n) is 3.31. The van der Waals surface area contributed by atoms with Gasteiger partial charge < -0.3 is 4.90 Å². The Morgan fingerprint density at radius 1 is 1.36 bits per heavy atom. The van der Waals surface area contributed by atoms with Crippen LogP contribution in [0.4, 0.5) is 5.69 Å². The second-order valence-electron chi connectivity index (χ2n) is 2.32. The van der Waals surface area contributed by atoms with Crippen molar-refractivity contribution in [3.05, 3.63) is 28.7 Å². The predicted octanol–water partition coefficient (Wildman–Crippen LogP) is 2.77. The SMILES string of the molecule is CN(CS)c1ccc(Br)cc1. The van der Waals surface area contributed by atoms with Crippen LogP contribution in [0.15, 0.2) is 28.7 Å². The van der Waals surface area contributed by atoms with Crippen molar-refractivity contribution in [2.24, 2.45) is 0 Å². The van der Waals surface area contributed by atoms with E-state index in [-0.39, 0.29) is 0 Å². The second-order valence-corrected chi connectivity index (χ2v) is 3.51. The van der Waals surface area contributed by atoms with E-state index in [4.69, 9.17) is 0 Å². The van der Waals surface area contributed by atoms with Crippen molar-refractivity contribution < 1.29 is 0 Å². The number of rotatable bonds is 2. The maximum atomic E-state index is 4.17. The summed E-state index contributed by atoms with van der Waals surface area (Å²) in [7, 11) is 2.01. The molecule has 60 valence electrons. The van der Waals surface area contributed by atoms with Gasteiger partial charge in [0.1, 0.15) is 0 Å². The van der Waals surface area contributed by atoms with Crippen molar-refractivity contribution in [1.82, 2.24) is 0 Å². The number of halogens is 1. The van der Waals surface area contributed by atoms with E-state index in [9.17, 15) is 0 Å². The minimum Gasteiger partial charge on any atom is -0.366 e. The van der Waals surface area contributed by atoms with Gasteiger partial charge in [0, 0.05) is 17.2 Å². The van der Waals surface area contributed by atoms with Crippen LogP contribution in [0.5, 0.6) is 0 Å². The molecule has 0 aromatic heterocycles. The van der Waals surface area contributed by atoms with Crippen molar-refractivity contribution in [1.29, 1.82) is 0 Å². The van der Waals surface area contributed by atoms with Crippen LogP contribution in [0, 0.1) is 0 Å². The molecule has 0 unspecified atom stereocenters. The summed E-state index contributed by atoms with van der Waals surface area (Å²) in [4.78, 5) is 2.07. The number of thiol groups is 1. The fourth-order valence-corrected chi connectivity index (χ4v) is 1.20. The van der Waals surface area contributed by atoms with Gasteiger partial charge in [-0.1, -0.05) is 15.9 Å². The molecule has 1 nitrogen and oxygen atoms in total. The van der Waals surface area contributed by atoms with E-state index in [1.54, 1.807) is 0 Å². The Labute approximate surface area is 80.9 Å². The van der Waals surface area contributed by atoms with E-state index in [2.05, 4.69) is 45.6 Å². The molecule has 0 fully saturated rings. The van der Waals surface area contributed by atoms with Gasteiger partial charge >= 0.3 is 0 Å². The van der Waals surface area contributed by atoms with Crippen molar-refractivity contribution in [2.45, 2.75) is 0 Å². The normalized spacial score (nSPS) is 9.73. The van der Waals surface area contributed by atoms with Gasteiger partial charge in [-0.05, 0) is 24.3 Å². The maximum Gasteiger partial charge on any atom is 0.0606 e. The predicted molar refractivity (Wildman–Crippen MR) is 56.4 cm³/mol. The first-order valence-corrected chi connectivity index (χ1v) is 4.74. The van der Waals surface area contributed by atoms with Crippen LogP contribution in [0.2, 0.25) is 0 Å². The van der Waals surface area contributed by atoms with Crippen molar-refractivity contribution >= 4 is 34.2 Å². The molecule has 0 saturated heterocycles. The lowest BCUT2D eigenvalue weighted by Crippen LogP contribution is -2.13. The van der Waals surface area contributed by atoms with Crippen molar-refractivity contribution in [3.8, 4) is 0 Å². The molecule has 0 N–H and O–H groups in total. The number of nitrogens with zero attached hydrogens (tertiary/aromatic N) is 1. The first kappa shape index (κ1) is 8.94. The average molecular weight is 232 g/mol. The summed E-state index contributed by atoms with van der Waals surface area (Å²) in [5.74, 6) is 0.738. The van der Waals surface area contributed by atoms with E-state index in [0.717, 1.165) is 10.3 Å². The molecule has 11 heavy (non-hydrogen) atoms. The third kappa shape index (κ3) is 2.42. The second kappa shape index (κ2) is 4.02. The lowest BCUT2D eigenvalue weighted by atomic mass is 10.3. The van der Waals surface area contributed by atoms with Crippen molar-refractivity contribution in [3.63, 3.8) is 0 Å². The molecule has 0 amide bonds. The monoisotopic (exact) mass is 231 g/mol. The fourth-order valence-electron chi connectivity index (χ4n) is 0.777. The molecule has 3 heteroatoms. The summed E-state index contributed by atoms with van der Waals surface area (Å²) in [6.07, 6.45) is 0. The Hall–Kier alpha value is -0.150. The molecule has 0 saturated carbocycles. The van der Waals surface area contributed by atoms with Gasteiger partial charge in [0.15, 0.2) is 0 Å². The highest BCUT2D eigenvalue weighted by Crippen LogP contribution is 2.16. The van der Waals surface area contributed by atoms with Crippen LogP contribution in [-0.2, 0) is 0 Å². The fraction of sp³-hybridized carbons (Fsp3) is 0.250. The minimum absolute atomic E-state index is 0.738. The molecule has 0 spiro atoms. The number of hydrogen-bond donors (Lipinski definition) is 1. The third-order valence-corrected chi connectivity index (χ3v) is 2.43. The molecule has 0 radical (unpaired) electrons. The van der Waals surface area contributed by atoms with E-state index in [1.807, 2.05) is 19.2 Å². The molecule has 0 aliphatic heterocycles. The van der Waals surface area contributed by atoms with Crippen LogP contribution in [-0.4, -0.2) is 12.9 Å². The van der Waals surface area contributed by atoms with Gasteiger partial charge in [-0.25, -0.2) is 0 Å². The van der Waals surface area contributed by atoms with Crippen LogP contribution in [0.3, 0.4) is 0 Å². The molecule has 1 rings (SSSR count). The quantitative estimate of drug-likeness (QED) is 0.606. The maximum absolute atomic E-state index is 4.17. The summed E-state index contributed by atoms with van der Waals surface area (Å²) in [5.41, 5.74) is 1.18. The summed E-state index contributed by atoms with van der Waals surface area (Å²) >= 11 is 7.55. The van der Waals surface area contributed by atoms with Crippen LogP contribution < -0.4 is 4.90 Å². The van der Waals surface area contributed by atoms with Gasteiger partial charge in [0.2, 0.25) is 0 Å². The Balaban J connectivity index is 2.81. The van der Waals surface area contributed by atoms with Gasteiger partial charge in [-0.2, -0.15) is 12.6 Å². The van der Waals surface area contributed by atoms with Gasteiger partial charge in [-0.3, -0.25) is 0 Å². The molecular weight excluding hydrogens is 222 g/mol. The van der Waals surface area contributed by atoms with Gasteiger partial charge in [0.25, 0.3) is 0 Å². The first-order chi connectivity index (χ1) is 5.24.